The molecule has 3 fully saturated rings. The number of hydrogen-bond acceptors (Lipinski definition) is 15. The van der Waals surface area contributed by atoms with Gasteiger partial charge in [-0.15, -0.1) is 0 Å². The third kappa shape index (κ3) is 9.81. The van der Waals surface area contributed by atoms with Crippen molar-refractivity contribution in [3.8, 4) is 0 Å². The van der Waals surface area contributed by atoms with Crippen LogP contribution in [-0.4, -0.2) is 110 Å². The molecule has 2 aromatic heterocycles. The predicted octanol–water partition coefficient (Wildman–Crippen LogP) is 6.67. The molecule has 0 spiro atoms. The molecule has 4 heterocycles. The minimum atomic E-state index is -4.22. The summed E-state index contributed by atoms with van der Waals surface area (Å²) in [6.07, 6.45) is 0.590. The first-order chi connectivity index (χ1) is 25.7. The van der Waals surface area contributed by atoms with Gasteiger partial charge in [0, 0.05) is 18.9 Å². The largest absolute Gasteiger partial charge is 0.460 e. The maximum Gasteiger partial charge on any atom is 0.416 e. The summed E-state index contributed by atoms with van der Waals surface area (Å²) < 4.78 is 64.1. The van der Waals surface area contributed by atoms with Gasteiger partial charge in [0.05, 0.1) is 38.0 Å². The molecule has 3 aliphatic rings. The molecule has 55 heavy (non-hydrogen) atoms. The van der Waals surface area contributed by atoms with Crippen molar-refractivity contribution in [1.82, 2.24) is 19.7 Å². The van der Waals surface area contributed by atoms with E-state index in [9.17, 15) is 19.3 Å². The Bertz CT molecular complexity index is 1710. The molecular formula is C36H57ClN5O12P. The van der Waals surface area contributed by atoms with Crippen LogP contribution in [-0.2, 0) is 46.8 Å². The van der Waals surface area contributed by atoms with E-state index in [1.807, 2.05) is 0 Å². The Morgan fingerprint density at radius 3 is 2.22 bits per heavy atom. The summed E-state index contributed by atoms with van der Waals surface area (Å²) in [5.41, 5.74) is -1.25. The number of nitrogens with zero attached hydrogens (tertiary/aromatic N) is 5. The van der Waals surface area contributed by atoms with Crippen molar-refractivity contribution in [2.75, 3.05) is 31.3 Å². The number of esters is 1. The van der Waals surface area contributed by atoms with E-state index in [2.05, 4.69) is 15.1 Å². The smallest absolute Gasteiger partial charge is 0.416 e. The molecule has 5 atom stereocenters. The van der Waals surface area contributed by atoms with Crippen molar-refractivity contribution >= 4 is 48.1 Å². The van der Waals surface area contributed by atoms with Crippen LogP contribution < -0.4 is 4.90 Å². The van der Waals surface area contributed by atoms with E-state index < -0.39 is 73.1 Å². The van der Waals surface area contributed by atoms with Crippen LogP contribution in [0.2, 0.25) is 5.28 Å². The number of ether oxygens (including phenoxy) is 6. The Balaban J connectivity index is 1.49. The number of aliphatic hydroxyl groups excluding tert-OH is 1. The van der Waals surface area contributed by atoms with Crippen LogP contribution in [0.25, 0.3) is 11.0 Å². The van der Waals surface area contributed by atoms with Crippen molar-refractivity contribution in [2.24, 2.45) is 0 Å². The SMILES string of the molecule is CCOP(=O)(OCC)C(CO)(CCC(=O)OC(C)(C)C)OC[C@H]1O[C@@H](n2ncc3c(N(C(=O)OC(C)(C)C)C4CCCC4)nc(Cl)nc32)[C@@H]2OC(C)(C)O[C@@H]21. The molecule has 1 amide bonds. The fourth-order valence-electron chi connectivity index (χ4n) is 7.17. The lowest BCUT2D eigenvalue weighted by molar-refractivity contribution is -0.207. The average Bonchev–Trinajstić information content (AvgIpc) is 3.85. The summed E-state index contributed by atoms with van der Waals surface area (Å²) in [6, 6.07) is -0.167. The number of aliphatic hydroxyl groups is 1. The van der Waals surface area contributed by atoms with Gasteiger partial charge in [0.15, 0.2) is 28.8 Å². The van der Waals surface area contributed by atoms with Crippen LogP contribution in [0.5, 0.6) is 0 Å². The Labute approximate surface area is 327 Å². The number of amides is 1. The van der Waals surface area contributed by atoms with E-state index in [-0.39, 0.29) is 55.5 Å². The van der Waals surface area contributed by atoms with Gasteiger partial charge in [-0.05, 0) is 93.7 Å². The molecule has 17 nitrogen and oxygen atoms in total. The summed E-state index contributed by atoms with van der Waals surface area (Å²) >= 11 is 6.56. The lowest BCUT2D eigenvalue weighted by atomic mass is 10.1. The fourth-order valence-corrected chi connectivity index (χ4v) is 9.34. The van der Waals surface area contributed by atoms with Crippen molar-refractivity contribution in [3.63, 3.8) is 0 Å². The monoisotopic (exact) mass is 817 g/mol. The summed E-state index contributed by atoms with van der Waals surface area (Å²) in [4.78, 5) is 37.1. The zero-order valence-corrected chi connectivity index (χ0v) is 35.2. The molecule has 1 unspecified atom stereocenters. The van der Waals surface area contributed by atoms with E-state index in [0.717, 1.165) is 25.7 Å². The summed E-state index contributed by atoms with van der Waals surface area (Å²) in [5, 5.41) is 13.9. The molecule has 1 N–H and O–H groups in total. The van der Waals surface area contributed by atoms with E-state index >= 15 is 0 Å². The molecule has 1 aliphatic carbocycles. The third-order valence-electron chi connectivity index (χ3n) is 9.28. The van der Waals surface area contributed by atoms with Crippen LogP contribution in [0.4, 0.5) is 10.6 Å². The lowest BCUT2D eigenvalue weighted by Gasteiger charge is -2.38. The summed E-state index contributed by atoms with van der Waals surface area (Å²) in [5.74, 6) is -1.37. The third-order valence-corrected chi connectivity index (χ3v) is 12.1. The topological polar surface area (TPSA) is 192 Å². The van der Waals surface area contributed by atoms with Gasteiger partial charge in [0.2, 0.25) is 5.28 Å². The van der Waals surface area contributed by atoms with E-state index in [0.29, 0.717) is 5.39 Å². The highest BCUT2D eigenvalue weighted by molar-refractivity contribution is 7.55. The first-order valence-electron chi connectivity index (χ1n) is 19.0. The quantitative estimate of drug-likeness (QED) is 0.114. The van der Waals surface area contributed by atoms with Crippen LogP contribution in [0.1, 0.15) is 114 Å². The van der Waals surface area contributed by atoms with Gasteiger partial charge >= 0.3 is 19.7 Å². The first kappa shape index (κ1) is 43.6. The molecule has 310 valence electrons. The molecule has 0 radical (unpaired) electrons. The Morgan fingerprint density at radius 1 is 1.02 bits per heavy atom. The van der Waals surface area contributed by atoms with E-state index in [1.54, 1.807) is 80.3 Å². The second-order valence-corrected chi connectivity index (χ2v) is 19.1. The van der Waals surface area contributed by atoms with Gasteiger partial charge in [-0.3, -0.25) is 14.3 Å². The first-order valence-corrected chi connectivity index (χ1v) is 20.9. The van der Waals surface area contributed by atoms with Gasteiger partial charge < -0.3 is 42.6 Å². The molecule has 0 aromatic carbocycles. The second-order valence-electron chi connectivity index (χ2n) is 16.4. The number of carbonyl (C=O) groups is 2. The minimum absolute atomic E-state index is 0.0163. The van der Waals surface area contributed by atoms with Crippen LogP contribution >= 0.6 is 19.2 Å². The number of aromatic nitrogens is 4. The standard InChI is InChI=1S/C36H57ClN5O12P/c1-11-48-55(46,49-12-2)36(21-43,18-17-25(44)51-33(3,4)5)47-20-24-26-27(53-35(9,10)52-26)30(50-24)42-29-23(19-38-42)28(39-31(37)40-29)41(22-15-13-14-16-22)32(45)54-34(6,7)8/h19,22,24,26-27,30,43H,11-18,20-21H2,1-10H3/t24-,26-,27-,30-,36?/m1/s1. The maximum atomic E-state index is 14.4. The van der Waals surface area contributed by atoms with Gasteiger partial charge in [-0.25, -0.2) is 9.48 Å². The fraction of sp³-hybridized carbons (Fsp3) is 0.806. The molecule has 2 saturated heterocycles. The molecule has 2 aromatic rings. The van der Waals surface area contributed by atoms with Gasteiger partial charge in [0.25, 0.3) is 0 Å². The Hall–Kier alpha value is -2.47. The highest BCUT2D eigenvalue weighted by Gasteiger charge is 2.59. The number of hydrogen-bond donors (Lipinski definition) is 1. The zero-order valence-electron chi connectivity index (χ0n) is 33.5. The van der Waals surface area contributed by atoms with Gasteiger partial charge in [-0.1, -0.05) is 12.8 Å². The highest BCUT2D eigenvalue weighted by Crippen LogP contribution is 2.62. The van der Waals surface area contributed by atoms with E-state index in [4.69, 9.17) is 49.1 Å². The summed E-state index contributed by atoms with van der Waals surface area (Å²) in [6.45, 7) is 16.3. The maximum absolute atomic E-state index is 14.4. The Kier molecular flexibility index (Phi) is 13.3. The minimum Gasteiger partial charge on any atom is -0.460 e. The number of anilines is 1. The van der Waals surface area contributed by atoms with Crippen molar-refractivity contribution < 1.29 is 56.7 Å². The van der Waals surface area contributed by atoms with Crippen molar-refractivity contribution in [1.29, 1.82) is 0 Å². The predicted molar refractivity (Wildman–Crippen MR) is 201 cm³/mol. The highest BCUT2D eigenvalue weighted by atomic mass is 35.5. The summed E-state index contributed by atoms with van der Waals surface area (Å²) in [7, 11) is -4.22. The lowest BCUT2D eigenvalue weighted by Crippen LogP contribution is -2.43. The van der Waals surface area contributed by atoms with Crippen molar-refractivity contribution in [2.45, 2.75) is 161 Å². The zero-order chi connectivity index (χ0) is 40.6. The number of halogens is 1. The van der Waals surface area contributed by atoms with E-state index in [1.165, 1.54) is 4.68 Å². The van der Waals surface area contributed by atoms with Gasteiger partial charge in [0.1, 0.15) is 29.5 Å². The van der Waals surface area contributed by atoms with Crippen molar-refractivity contribution in [3.05, 3.63) is 11.5 Å². The van der Waals surface area contributed by atoms with Crippen LogP contribution in [0, 0.1) is 0 Å². The number of rotatable bonds is 15. The molecule has 1 saturated carbocycles. The normalized spacial score (nSPS) is 24.2. The number of fused-ring (bicyclic) bond motifs is 2. The molecular weight excluding hydrogens is 761 g/mol. The molecule has 0 bridgehead atoms. The average molecular weight is 818 g/mol. The van der Waals surface area contributed by atoms with Gasteiger partial charge in [-0.2, -0.15) is 15.1 Å². The van der Waals surface area contributed by atoms with Crippen LogP contribution in [0.15, 0.2) is 6.20 Å². The number of carbonyl (C=O) groups excluding carboxylic acids is 2. The molecule has 19 heteroatoms. The molecule has 5 rings (SSSR count). The van der Waals surface area contributed by atoms with Crippen LogP contribution in [0.3, 0.4) is 0 Å². The second kappa shape index (κ2) is 16.8. The molecule has 2 aliphatic heterocycles. The Morgan fingerprint density at radius 2 is 1.64 bits per heavy atom.